The summed E-state index contributed by atoms with van der Waals surface area (Å²) in [5.41, 5.74) is 0. The molecule has 0 aromatic carbocycles. The van der Waals surface area contributed by atoms with Crippen LogP contribution in [0.2, 0.25) is 0 Å². The summed E-state index contributed by atoms with van der Waals surface area (Å²) in [6.45, 7) is 5.00. The standard InChI is InChI=1S/C10H21ClN2O/c1-8(2)9(13(3)4)7-12-10(14)5-6-11/h8-9H,5-7H2,1-4H3,(H,12,14). The minimum Gasteiger partial charge on any atom is -0.354 e. The van der Waals surface area contributed by atoms with Crippen LogP contribution in [0.1, 0.15) is 20.3 Å². The van der Waals surface area contributed by atoms with Crippen LogP contribution in [-0.2, 0) is 4.79 Å². The van der Waals surface area contributed by atoms with Crippen LogP contribution < -0.4 is 5.32 Å². The van der Waals surface area contributed by atoms with Crippen LogP contribution in [0.4, 0.5) is 0 Å². The molecule has 0 bridgehead atoms. The monoisotopic (exact) mass is 220 g/mol. The second kappa shape index (κ2) is 7.07. The van der Waals surface area contributed by atoms with E-state index in [1.54, 1.807) is 0 Å². The van der Waals surface area contributed by atoms with Gasteiger partial charge in [-0.1, -0.05) is 13.8 Å². The fourth-order valence-corrected chi connectivity index (χ4v) is 1.58. The number of nitrogens with one attached hydrogen (secondary N) is 1. The predicted octanol–water partition coefficient (Wildman–Crippen LogP) is 1.32. The van der Waals surface area contributed by atoms with Gasteiger partial charge in [0.2, 0.25) is 5.91 Å². The number of carbonyl (C=O) groups is 1. The van der Waals surface area contributed by atoms with E-state index < -0.39 is 0 Å². The Morgan fingerprint density at radius 2 is 2.00 bits per heavy atom. The van der Waals surface area contributed by atoms with Crippen LogP contribution in [0.5, 0.6) is 0 Å². The second-order valence-corrected chi connectivity index (χ2v) is 4.40. The predicted molar refractivity (Wildman–Crippen MR) is 60.7 cm³/mol. The maximum atomic E-state index is 11.2. The molecule has 0 aliphatic heterocycles. The van der Waals surface area contributed by atoms with Crippen molar-refractivity contribution in [1.29, 1.82) is 0 Å². The van der Waals surface area contributed by atoms with E-state index >= 15 is 0 Å². The normalized spacial score (nSPS) is 13.4. The van der Waals surface area contributed by atoms with Gasteiger partial charge in [0.1, 0.15) is 0 Å². The van der Waals surface area contributed by atoms with Crippen molar-refractivity contribution in [1.82, 2.24) is 10.2 Å². The topological polar surface area (TPSA) is 32.3 Å². The van der Waals surface area contributed by atoms with Crippen LogP contribution in [0, 0.1) is 5.92 Å². The van der Waals surface area contributed by atoms with Gasteiger partial charge in [0.25, 0.3) is 0 Å². The number of likely N-dealkylation sites (N-methyl/N-ethyl adjacent to an activating group) is 1. The zero-order chi connectivity index (χ0) is 11.1. The Morgan fingerprint density at radius 1 is 1.43 bits per heavy atom. The highest BCUT2D eigenvalue weighted by Crippen LogP contribution is 2.05. The summed E-state index contributed by atoms with van der Waals surface area (Å²) in [5, 5.41) is 2.88. The summed E-state index contributed by atoms with van der Waals surface area (Å²) in [5.74, 6) is 0.953. The molecule has 3 nitrogen and oxygen atoms in total. The van der Waals surface area contributed by atoms with E-state index in [-0.39, 0.29) is 5.91 Å². The van der Waals surface area contributed by atoms with Crippen molar-refractivity contribution in [3.8, 4) is 0 Å². The van der Waals surface area contributed by atoms with Crippen molar-refractivity contribution in [2.45, 2.75) is 26.3 Å². The molecule has 0 fully saturated rings. The first-order valence-electron chi connectivity index (χ1n) is 4.98. The van der Waals surface area contributed by atoms with Gasteiger partial charge in [0.15, 0.2) is 0 Å². The van der Waals surface area contributed by atoms with Gasteiger partial charge >= 0.3 is 0 Å². The molecule has 0 aliphatic carbocycles. The smallest absolute Gasteiger partial charge is 0.221 e. The van der Waals surface area contributed by atoms with E-state index in [9.17, 15) is 4.79 Å². The lowest BCUT2D eigenvalue weighted by Gasteiger charge is -2.28. The molecule has 1 N–H and O–H groups in total. The van der Waals surface area contributed by atoms with E-state index in [4.69, 9.17) is 11.6 Å². The molecule has 0 aromatic rings. The minimum absolute atomic E-state index is 0.0347. The maximum Gasteiger partial charge on any atom is 0.221 e. The highest BCUT2D eigenvalue weighted by Gasteiger charge is 2.16. The molecule has 1 unspecified atom stereocenters. The molecule has 0 heterocycles. The van der Waals surface area contributed by atoms with Gasteiger partial charge in [-0.3, -0.25) is 4.79 Å². The first-order chi connectivity index (χ1) is 6.49. The zero-order valence-electron chi connectivity index (χ0n) is 9.51. The fraction of sp³-hybridized carbons (Fsp3) is 0.900. The number of hydrogen-bond acceptors (Lipinski definition) is 2. The van der Waals surface area contributed by atoms with E-state index in [1.165, 1.54) is 0 Å². The van der Waals surface area contributed by atoms with Gasteiger partial charge in [0.05, 0.1) is 0 Å². The number of carbonyl (C=O) groups excluding carboxylic acids is 1. The number of alkyl halides is 1. The third kappa shape index (κ3) is 5.45. The Kier molecular flexibility index (Phi) is 6.93. The van der Waals surface area contributed by atoms with Crippen molar-refractivity contribution < 1.29 is 4.79 Å². The fourth-order valence-electron chi connectivity index (χ4n) is 1.41. The first-order valence-corrected chi connectivity index (χ1v) is 5.51. The molecule has 0 rings (SSSR count). The Labute approximate surface area is 91.8 Å². The maximum absolute atomic E-state index is 11.2. The molecular formula is C10H21ClN2O. The summed E-state index contributed by atoms with van der Waals surface area (Å²) < 4.78 is 0. The number of amides is 1. The van der Waals surface area contributed by atoms with Crippen LogP contribution in [-0.4, -0.2) is 43.4 Å². The molecule has 0 aliphatic rings. The van der Waals surface area contributed by atoms with Gasteiger partial charge in [-0.15, -0.1) is 11.6 Å². The molecule has 14 heavy (non-hydrogen) atoms. The van der Waals surface area contributed by atoms with Crippen molar-refractivity contribution in [2.75, 3.05) is 26.5 Å². The average molecular weight is 221 g/mol. The lowest BCUT2D eigenvalue weighted by molar-refractivity contribution is -0.120. The third-order valence-corrected chi connectivity index (χ3v) is 2.45. The van der Waals surface area contributed by atoms with Gasteiger partial charge in [-0.2, -0.15) is 0 Å². The van der Waals surface area contributed by atoms with Crippen LogP contribution >= 0.6 is 11.6 Å². The molecule has 0 saturated heterocycles. The van der Waals surface area contributed by atoms with Gasteiger partial charge < -0.3 is 10.2 Å². The highest BCUT2D eigenvalue weighted by molar-refractivity contribution is 6.18. The summed E-state index contributed by atoms with van der Waals surface area (Å²) >= 11 is 5.47. The Balaban J connectivity index is 3.88. The molecule has 1 amide bonds. The minimum atomic E-state index is 0.0347. The number of hydrogen-bond donors (Lipinski definition) is 1. The summed E-state index contributed by atoms with van der Waals surface area (Å²) in [6, 6.07) is 0.384. The lowest BCUT2D eigenvalue weighted by Crippen LogP contribution is -2.43. The summed E-state index contributed by atoms with van der Waals surface area (Å²) in [6.07, 6.45) is 0.403. The molecule has 84 valence electrons. The second-order valence-electron chi connectivity index (χ2n) is 4.02. The van der Waals surface area contributed by atoms with Crippen LogP contribution in [0.3, 0.4) is 0 Å². The lowest BCUT2D eigenvalue weighted by atomic mass is 10.0. The average Bonchev–Trinajstić information content (AvgIpc) is 2.03. The van der Waals surface area contributed by atoms with Crippen molar-refractivity contribution in [2.24, 2.45) is 5.92 Å². The molecule has 4 heteroatoms. The number of halogens is 1. The highest BCUT2D eigenvalue weighted by atomic mass is 35.5. The molecule has 0 saturated carbocycles. The molecule has 0 aromatic heterocycles. The zero-order valence-corrected chi connectivity index (χ0v) is 10.3. The number of nitrogens with zero attached hydrogens (tertiary/aromatic N) is 1. The Morgan fingerprint density at radius 3 is 2.36 bits per heavy atom. The molecule has 1 atom stereocenters. The molecule has 0 spiro atoms. The SMILES string of the molecule is CC(C)C(CNC(=O)CCCl)N(C)C. The van der Waals surface area contributed by atoms with Crippen molar-refractivity contribution in [3.63, 3.8) is 0 Å². The largest absolute Gasteiger partial charge is 0.354 e. The Bertz CT molecular complexity index is 164. The van der Waals surface area contributed by atoms with E-state index in [0.717, 1.165) is 0 Å². The summed E-state index contributed by atoms with van der Waals surface area (Å²) in [4.78, 5) is 13.3. The van der Waals surface area contributed by atoms with Crippen molar-refractivity contribution >= 4 is 17.5 Å². The summed E-state index contributed by atoms with van der Waals surface area (Å²) in [7, 11) is 4.05. The molecular weight excluding hydrogens is 200 g/mol. The van der Waals surface area contributed by atoms with Gasteiger partial charge in [0, 0.05) is 24.9 Å². The van der Waals surface area contributed by atoms with Gasteiger partial charge in [-0.05, 0) is 20.0 Å². The first kappa shape index (κ1) is 13.7. The van der Waals surface area contributed by atoms with Gasteiger partial charge in [-0.25, -0.2) is 0 Å². The third-order valence-electron chi connectivity index (χ3n) is 2.26. The van der Waals surface area contributed by atoms with Crippen LogP contribution in [0.25, 0.3) is 0 Å². The van der Waals surface area contributed by atoms with E-state index in [0.29, 0.717) is 30.8 Å². The van der Waals surface area contributed by atoms with Crippen LogP contribution in [0.15, 0.2) is 0 Å². The molecule has 0 radical (unpaired) electrons. The Hall–Kier alpha value is -0.280. The van der Waals surface area contributed by atoms with E-state index in [1.807, 2.05) is 14.1 Å². The van der Waals surface area contributed by atoms with Crippen molar-refractivity contribution in [3.05, 3.63) is 0 Å². The quantitative estimate of drug-likeness (QED) is 0.685. The van der Waals surface area contributed by atoms with E-state index in [2.05, 4.69) is 24.1 Å². The number of rotatable bonds is 6.